The minimum atomic E-state index is -0.457. The summed E-state index contributed by atoms with van der Waals surface area (Å²) in [5.74, 6) is 0. The average molecular weight is 693 g/mol. The van der Waals surface area contributed by atoms with Gasteiger partial charge in [0.15, 0.2) is 0 Å². The molecule has 0 fully saturated rings. The summed E-state index contributed by atoms with van der Waals surface area (Å²) in [5, 5.41) is 0. The minimum Gasteiger partial charge on any atom is -0.311 e. The van der Waals surface area contributed by atoms with Crippen molar-refractivity contribution in [1.82, 2.24) is 0 Å². The largest absolute Gasteiger partial charge is 0.311 e. The van der Waals surface area contributed by atoms with Crippen molar-refractivity contribution in [3.05, 3.63) is 240 Å². The first-order valence-electron chi connectivity index (χ1n) is 18.9. The molecule has 1 aliphatic carbocycles. The smallest absolute Gasteiger partial charge is 0.0713 e. The molecule has 10 rings (SSSR count). The van der Waals surface area contributed by atoms with E-state index in [2.05, 4.69) is 230 Å². The minimum absolute atomic E-state index is 0.245. The van der Waals surface area contributed by atoms with Crippen LogP contribution in [0.15, 0.2) is 206 Å². The Kier molecular flexibility index (Phi) is 7.42. The van der Waals surface area contributed by atoms with Crippen LogP contribution in [0.3, 0.4) is 0 Å². The molecule has 1 aliphatic heterocycles. The van der Waals surface area contributed by atoms with Crippen LogP contribution >= 0.6 is 0 Å². The van der Waals surface area contributed by atoms with Crippen LogP contribution in [0.25, 0.3) is 11.1 Å². The van der Waals surface area contributed by atoms with E-state index in [1.165, 1.54) is 55.9 Å². The molecule has 258 valence electrons. The lowest BCUT2D eigenvalue weighted by Gasteiger charge is -2.43. The van der Waals surface area contributed by atoms with Crippen LogP contribution in [0.4, 0.5) is 34.1 Å². The molecule has 0 amide bonds. The number of hydrogen-bond donors (Lipinski definition) is 0. The predicted octanol–water partition coefficient (Wildman–Crippen LogP) is 13.6. The van der Waals surface area contributed by atoms with Crippen molar-refractivity contribution in [3.63, 3.8) is 0 Å². The lowest BCUT2D eigenvalue weighted by molar-refractivity contribution is 0.627. The third-order valence-corrected chi connectivity index (χ3v) is 11.7. The molecule has 54 heavy (non-hydrogen) atoms. The molecule has 8 aromatic carbocycles. The highest BCUT2D eigenvalue weighted by molar-refractivity contribution is 5.90. The third-order valence-electron chi connectivity index (χ3n) is 11.7. The van der Waals surface area contributed by atoms with E-state index in [9.17, 15) is 0 Å². The average Bonchev–Trinajstić information content (AvgIpc) is 3.54. The Morgan fingerprint density at radius 1 is 0.370 bits per heavy atom. The Morgan fingerprint density at radius 3 is 1.43 bits per heavy atom. The number of rotatable bonds is 6. The summed E-state index contributed by atoms with van der Waals surface area (Å²) in [7, 11) is 0. The number of benzene rings is 8. The van der Waals surface area contributed by atoms with Gasteiger partial charge >= 0.3 is 0 Å². The van der Waals surface area contributed by atoms with E-state index in [4.69, 9.17) is 0 Å². The van der Waals surface area contributed by atoms with Crippen LogP contribution in [-0.4, -0.2) is 0 Å². The van der Waals surface area contributed by atoms with Gasteiger partial charge in [-0.2, -0.15) is 0 Å². The third kappa shape index (κ3) is 4.73. The van der Waals surface area contributed by atoms with Crippen LogP contribution in [-0.2, 0) is 10.8 Å². The van der Waals surface area contributed by atoms with Crippen LogP contribution in [0.1, 0.15) is 47.2 Å². The summed E-state index contributed by atoms with van der Waals surface area (Å²) in [6.45, 7) is 4.77. The number of nitrogens with zero attached hydrogens (tertiary/aromatic N) is 2. The normalized spacial score (nSPS) is 14.4. The standard InChI is InChI=1S/C52H40N2/c1-51(2)47-28-16-17-29-49(47)54(42-33-31-41(32-34-42)53(39-20-8-4-9-21-39)40-22-10-5-11-23-40)50-35-30-38(36-48(50)51)52(37-18-6-3-7-19-37)45-26-14-12-24-43(45)44-25-13-15-27-46(44)52/h3-36H,1-2H3. The van der Waals surface area contributed by atoms with Crippen molar-refractivity contribution >= 4 is 34.1 Å². The lowest BCUT2D eigenvalue weighted by atomic mass is 9.65. The van der Waals surface area contributed by atoms with E-state index in [1.54, 1.807) is 0 Å². The highest BCUT2D eigenvalue weighted by atomic mass is 15.2. The van der Waals surface area contributed by atoms with Crippen LogP contribution < -0.4 is 9.80 Å². The second kappa shape index (κ2) is 12.5. The van der Waals surface area contributed by atoms with Crippen LogP contribution in [0, 0.1) is 0 Å². The quantitative estimate of drug-likeness (QED) is 0.171. The Bertz CT molecular complexity index is 2540. The first-order valence-corrected chi connectivity index (χ1v) is 18.9. The fourth-order valence-electron chi connectivity index (χ4n) is 9.28. The van der Waals surface area contributed by atoms with Gasteiger partial charge in [-0.3, -0.25) is 0 Å². The molecule has 2 heteroatoms. The number of anilines is 6. The molecule has 0 N–H and O–H groups in total. The molecule has 0 saturated carbocycles. The number of fused-ring (bicyclic) bond motifs is 5. The van der Waals surface area contributed by atoms with Gasteiger partial charge in [0, 0.05) is 28.2 Å². The van der Waals surface area contributed by atoms with Crippen molar-refractivity contribution in [2.75, 3.05) is 9.80 Å². The molecular formula is C52H40N2. The van der Waals surface area contributed by atoms with Crippen molar-refractivity contribution in [2.45, 2.75) is 24.7 Å². The maximum atomic E-state index is 2.52. The van der Waals surface area contributed by atoms with E-state index in [0.717, 1.165) is 22.7 Å². The summed E-state index contributed by atoms with van der Waals surface area (Å²) in [5.41, 5.74) is 16.7. The van der Waals surface area contributed by atoms with Gasteiger partial charge in [0.25, 0.3) is 0 Å². The Balaban J connectivity index is 1.16. The summed E-state index contributed by atoms with van der Waals surface area (Å²) in [6, 6.07) is 75.6. The maximum Gasteiger partial charge on any atom is 0.0713 e. The zero-order valence-electron chi connectivity index (χ0n) is 30.5. The van der Waals surface area contributed by atoms with E-state index < -0.39 is 5.41 Å². The highest BCUT2D eigenvalue weighted by Crippen LogP contribution is 2.58. The molecule has 0 bridgehead atoms. The molecule has 0 saturated heterocycles. The van der Waals surface area contributed by atoms with Crippen molar-refractivity contribution in [2.24, 2.45) is 0 Å². The van der Waals surface area contributed by atoms with Gasteiger partial charge in [-0.15, -0.1) is 0 Å². The molecule has 2 nitrogen and oxygen atoms in total. The van der Waals surface area contributed by atoms with E-state index in [0.29, 0.717) is 0 Å². The van der Waals surface area contributed by atoms with E-state index in [1.807, 2.05) is 0 Å². The Labute approximate surface area is 318 Å². The summed E-state index contributed by atoms with van der Waals surface area (Å²) in [6.07, 6.45) is 0. The molecule has 0 aromatic heterocycles. The first-order chi connectivity index (χ1) is 26.6. The van der Waals surface area contributed by atoms with Gasteiger partial charge in [-0.25, -0.2) is 0 Å². The fourth-order valence-corrected chi connectivity index (χ4v) is 9.28. The van der Waals surface area contributed by atoms with Gasteiger partial charge in [0.2, 0.25) is 0 Å². The maximum absolute atomic E-state index is 2.52. The monoisotopic (exact) mass is 692 g/mol. The van der Waals surface area contributed by atoms with Crippen molar-refractivity contribution < 1.29 is 0 Å². The van der Waals surface area contributed by atoms with Crippen molar-refractivity contribution in [1.29, 1.82) is 0 Å². The molecule has 0 spiro atoms. The number of para-hydroxylation sites is 3. The first kappa shape index (κ1) is 32.0. The topological polar surface area (TPSA) is 6.48 Å². The van der Waals surface area contributed by atoms with Gasteiger partial charge in [0.05, 0.1) is 16.8 Å². The van der Waals surface area contributed by atoms with Gasteiger partial charge in [0.1, 0.15) is 0 Å². The van der Waals surface area contributed by atoms with Crippen molar-refractivity contribution in [3.8, 4) is 11.1 Å². The molecule has 1 heterocycles. The SMILES string of the molecule is CC1(C)c2ccccc2N(c2ccc(N(c3ccccc3)c3ccccc3)cc2)c2ccc(C3(c4ccccc4)c4ccccc4-c4ccccc43)cc21. The molecule has 0 radical (unpaired) electrons. The zero-order chi connectivity index (χ0) is 36.3. The fraction of sp³-hybridized carbons (Fsp3) is 0.0769. The lowest BCUT2D eigenvalue weighted by Crippen LogP contribution is -2.33. The molecule has 0 unspecified atom stereocenters. The summed E-state index contributed by atoms with van der Waals surface area (Å²) < 4.78 is 0. The summed E-state index contributed by atoms with van der Waals surface area (Å²) >= 11 is 0. The van der Waals surface area contributed by atoms with Gasteiger partial charge < -0.3 is 9.80 Å². The van der Waals surface area contributed by atoms with Gasteiger partial charge in [-0.1, -0.05) is 159 Å². The molecule has 2 aliphatic rings. The second-order valence-corrected chi connectivity index (χ2v) is 14.9. The molecule has 8 aromatic rings. The Hall–Kier alpha value is -6.64. The zero-order valence-corrected chi connectivity index (χ0v) is 30.5. The van der Waals surface area contributed by atoms with Crippen LogP contribution in [0.2, 0.25) is 0 Å². The summed E-state index contributed by atoms with van der Waals surface area (Å²) in [4.78, 5) is 4.78. The highest BCUT2D eigenvalue weighted by Gasteiger charge is 2.47. The van der Waals surface area contributed by atoms with E-state index >= 15 is 0 Å². The molecule has 0 atom stereocenters. The number of hydrogen-bond acceptors (Lipinski definition) is 2. The van der Waals surface area contributed by atoms with E-state index in [-0.39, 0.29) is 5.41 Å². The second-order valence-electron chi connectivity index (χ2n) is 14.9. The van der Waals surface area contributed by atoms with Crippen LogP contribution in [0.5, 0.6) is 0 Å². The Morgan fingerprint density at radius 2 is 0.833 bits per heavy atom. The predicted molar refractivity (Wildman–Crippen MR) is 225 cm³/mol. The van der Waals surface area contributed by atoms with Gasteiger partial charge in [-0.05, 0) is 105 Å². The molecular weight excluding hydrogens is 653 g/mol.